The first-order valence-corrected chi connectivity index (χ1v) is 8.41. The molecule has 2 amide bonds. The third kappa shape index (κ3) is 3.19. The number of para-hydroxylation sites is 1. The molecule has 3 rings (SSSR count). The van der Waals surface area contributed by atoms with E-state index < -0.39 is 0 Å². The van der Waals surface area contributed by atoms with Crippen molar-refractivity contribution in [3.8, 4) is 0 Å². The molecule has 0 N–H and O–H groups in total. The molecular formula is C18H14ClNO2S. The van der Waals surface area contributed by atoms with Gasteiger partial charge in [0.2, 0.25) is 0 Å². The second-order valence-corrected chi connectivity index (χ2v) is 6.48. The van der Waals surface area contributed by atoms with Gasteiger partial charge in [-0.2, -0.15) is 0 Å². The fourth-order valence-corrected chi connectivity index (χ4v) is 3.37. The fraction of sp³-hybridized carbons (Fsp3) is 0.111. The minimum Gasteiger partial charge on any atom is -0.268 e. The molecule has 0 spiro atoms. The highest BCUT2D eigenvalue weighted by Gasteiger charge is 2.37. The Morgan fingerprint density at radius 1 is 1.09 bits per heavy atom. The minimum atomic E-state index is -0.282. The van der Waals surface area contributed by atoms with Crippen LogP contribution in [-0.2, 0) is 11.2 Å². The average Bonchev–Trinajstić information content (AvgIpc) is 2.83. The number of rotatable bonds is 3. The molecule has 0 unspecified atom stereocenters. The Hall–Kier alpha value is -2.04. The van der Waals surface area contributed by atoms with Crippen molar-refractivity contribution in [1.82, 2.24) is 0 Å². The van der Waals surface area contributed by atoms with Gasteiger partial charge in [-0.15, -0.1) is 0 Å². The maximum Gasteiger partial charge on any atom is 0.298 e. The van der Waals surface area contributed by atoms with E-state index in [4.69, 9.17) is 11.6 Å². The molecule has 5 heteroatoms. The molecule has 3 nitrogen and oxygen atoms in total. The molecule has 0 atom stereocenters. The van der Waals surface area contributed by atoms with E-state index in [0.717, 1.165) is 29.3 Å². The Bertz CT molecular complexity index is 799. The van der Waals surface area contributed by atoms with E-state index in [2.05, 4.69) is 0 Å². The van der Waals surface area contributed by atoms with Gasteiger partial charge in [0.1, 0.15) is 0 Å². The van der Waals surface area contributed by atoms with Crippen LogP contribution < -0.4 is 4.90 Å². The van der Waals surface area contributed by atoms with Crippen molar-refractivity contribution in [2.45, 2.75) is 13.3 Å². The maximum absolute atomic E-state index is 12.6. The molecule has 2 aromatic rings. The summed E-state index contributed by atoms with van der Waals surface area (Å²) in [5.41, 5.74) is 2.48. The van der Waals surface area contributed by atoms with Crippen LogP contribution in [0.15, 0.2) is 53.4 Å². The summed E-state index contributed by atoms with van der Waals surface area (Å²) in [5.74, 6) is -0.282. The van der Waals surface area contributed by atoms with Crippen LogP contribution in [0.25, 0.3) is 6.08 Å². The summed E-state index contributed by atoms with van der Waals surface area (Å²) in [7, 11) is 0. The molecule has 0 aliphatic carbocycles. The van der Waals surface area contributed by atoms with Crippen LogP contribution in [0.4, 0.5) is 10.5 Å². The van der Waals surface area contributed by atoms with E-state index >= 15 is 0 Å². The smallest absolute Gasteiger partial charge is 0.268 e. The molecule has 1 fully saturated rings. The van der Waals surface area contributed by atoms with Crippen molar-refractivity contribution >= 4 is 46.3 Å². The van der Waals surface area contributed by atoms with Crippen LogP contribution in [0.3, 0.4) is 0 Å². The van der Waals surface area contributed by atoms with E-state index in [9.17, 15) is 9.59 Å². The lowest BCUT2D eigenvalue weighted by Crippen LogP contribution is -2.28. The Kier molecular flexibility index (Phi) is 4.55. The highest BCUT2D eigenvalue weighted by Crippen LogP contribution is 2.37. The normalized spacial score (nSPS) is 16.4. The first-order chi connectivity index (χ1) is 11.1. The predicted molar refractivity (Wildman–Crippen MR) is 95.7 cm³/mol. The van der Waals surface area contributed by atoms with Crippen LogP contribution in [0.5, 0.6) is 0 Å². The number of hydrogen-bond donors (Lipinski definition) is 0. The van der Waals surface area contributed by atoms with Gasteiger partial charge in [0, 0.05) is 5.02 Å². The van der Waals surface area contributed by atoms with Crippen molar-refractivity contribution in [2.24, 2.45) is 0 Å². The zero-order valence-corrected chi connectivity index (χ0v) is 14.0. The molecule has 1 saturated heterocycles. The number of aryl methyl sites for hydroxylation is 1. The summed E-state index contributed by atoms with van der Waals surface area (Å²) in [6.07, 6.45) is 2.48. The topological polar surface area (TPSA) is 37.4 Å². The third-order valence-electron chi connectivity index (χ3n) is 3.57. The predicted octanol–water partition coefficient (Wildman–Crippen LogP) is 5.14. The summed E-state index contributed by atoms with van der Waals surface area (Å²) in [6.45, 7) is 2.00. The van der Waals surface area contributed by atoms with Gasteiger partial charge in [-0.25, -0.2) is 4.90 Å². The number of benzene rings is 2. The van der Waals surface area contributed by atoms with Crippen molar-refractivity contribution < 1.29 is 9.59 Å². The average molecular weight is 344 g/mol. The quantitative estimate of drug-likeness (QED) is 0.724. The summed E-state index contributed by atoms with van der Waals surface area (Å²) >= 11 is 6.82. The Labute approximate surface area is 143 Å². The molecular weight excluding hydrogens is 330 g/mol. The first-order valence-electron chi connectivity index (χ1n) is 7.21. The molecule has 1 aliphatic rings. The van der Waals surface area contributed by atoms with Crippen LogP contribution in [0, 0.1) is 0 Å². The zero-order chi connectivity index (χ0) is 16.4. The van der Waals surface area contributed by atoms with Crippen molar-refractivity contribution in [3.05, 3.63) is 69.6 Å². The minimum absolute atomic E-state index is 0.267. The van der Waals surface area contributed by atoms with Gasteiger partial charge in [-0.05, 0) is 53.6 Å². The zero-order valence-electron chi connectivity index (χ0n) is 12.5. The Morgan fingerprint density at radius 3 is 2.48 bits per heavy atom. The molecule has 116 valence electrons. The van der Waals surface area contributed by atoms with E-state index in [1.54, 1.807) is 24.3 Å². The molecule has 0 saturated carbocycles. The number of amides is 2. The van der Waals surface area contributed by atoms with Gasteiger partial charge < -0.3 is 0 Å². The lowest BCUT2D eigenvalue weighted by molar-refractivity contribution is -0.113. The molecule has 1 heterocycles. The van der Waals surface area contributed by atoms with Gasteiger partial charge in [-0.1, -0.05) is 48.9 Å². The molecule has 0 radical (unpaired) electrons. The largest absolute Gasteiger partial charge is 0.298 e. The van der Waals surface area contributed by atoms with Gasteiger partial charge >= 0.3 is 0 Å². The van der Waals surface area contributed by atoms with Crippen LogP contribution in [-0.4, -0.2) is 11.1 Å². The number of carbonyl (C=O) groups is 2. The highest BCUT2D eigenvalue weighted by atomic mass is 35.5. The molecule has 0 bridgehead atoms. The van der Waals surface area contributed by atoms with Crippen molar-refractivity contribution in [1.29, 1.82) is 0 Å². The second-order valence-electron chi connectivity index (χ2n) is 5.05. The lowest BCUT2D eigenvalue weighted by Gasteiger charge is -2.16. The summed E-state index contributed by atoms with van der Waals surface area (Å²) in [5, 5.41) is 0.364. The number of imide groups is 1. The van der Waals surface area contributed by atoms with Gasteiger partial charge in [0.25, 0.3) is 11.1 Å². The first kappa shape index (κ1) is 15.8. The number of carbonyl (C=O) groups excluding carboxylic acids is 2. The van der Waals surface area contributed by atoms with Crippen LogP contribution >= 0.6 is 23.4 Å². The van der Waals surface area contributed by atoms with E-state index in [1.807, 2.05) is 37.3 Å². The standard InChI is InChI=1S/C18H14ClNO2S/c1-2-13-5-3-4-6-15(13)20-17(21)16(23-18(20)22)11-12-7-9-14(19)10-8-12/h3-11H,2H2,1H3/b16-11-. The Balaban J connectivity index is 1.95. The summed E-state index contributed by atoms with van der Waals surface area (Å²) in [6, 6.07) is 14.6. The molecule has 2 aromatic carbocycles. The maximum atomic E-state index is 12.6. The van der Waals surface area contributed by atoms with Gasteiger partial charge in [-0.3, -0.25) is 9.59 Å². The van der Waals surface area contributed by atoms with Crippen molar-refractivity contribution in [2.75, 3.05) is 4.90 Å². The van der Waals surface area contributed by atoms with Crippen molar-refractivity contribution in [3.63, 3.8) is 0 Å². The summed E-state index contributed by atoms with van der Waals surface area (Å²) in [4.78, 5) is 26.6. The number of anilines is 1. The van der Waals surface area contributed by atoms with E-state index in [-0.39, 0.29) is 11.1 Å². The third-order valence-corrected chi connectivity index (χ3v) is 4.70. The van der Waals surface area contributed by atoms with Crippen LogP contribution in [0.1, 0.15) is 18.1 Å². The summed E-state index contributed by atoms with van der Waals surface area (Å²) < 4.78 is 0. The van der Waals surface area contributed by atoms with E-state index in [1.165, 1.54) is 4.90 Å². The van der Waals surface area contributed by atoms with Crippen LogP contribution in [0.2, 0.25) is 5.02 Å². The number of nitrogens with zero attached hydrogens (tertiary/aromatic N) is 1. The lowest BCUT2D eigenvalue weighted by atomic mass is 10.1. The Morgan fingerprint density at radius 2 is 1.78 bits per heavy atom. The number of hydrogen-bond acceptors (Lipinski definition) is 3. The van der Waals surface area contributed by atoms with Gasteiger partial charge in [0.15, 0.2) is 0 Å². The van der Waals surface area contributed by atoms with Gasteiger partial charge in [0.05, 0.1) is 10.6 Å². The molecule has 0 aromatic heterocycles. The number of halogens is 1. The molecule has 23 heavy (non-hydrogen) atoms. The molecule has 1 aliphatic heterocycles. The SMILES string of the molecule is CCc1ccccc1N1C(=O)S/C(=C\c2ccc(Cl)cc2)C1=O. The number of thioether (sulfide) groups is 1. The van der Waals surface area contributed by atoms with E-state index in [0.29, 0.717) is 15.6 Å². The fourth-order valence-electron chi connectivity index (χ4n) is 2.41. The highest BCUT2D eigenvalue weighted by molar-refractivity contribution is 8.19. The second kappa shape index (κ2) is 6.60. The monoisotopic (exact) mass is 343 g/mol.